The van der Waals surface area contributed by atoms with E-state index in [9.17, 15) is 4.79 Å². The zero-order valence-electron chi connectivity index (χ0n) is 14.4. The van der Waals surface area contributed by atoms with Crippen molar-refractivity contribution in [2.24, 2.45) is 0 Å². The number of nitrogens with zero attached hydrogens (tertiary/aromatic N) is 1. The molecular weight excluding hydrogens is 320 g/mol. The van der Waals surface area contributed by atoms with Crippen LogP contribution in [0.1, 0.15) is 22.8 Å². The minimum Gasteiger partial charge on any atom is -0.493 e. The number of hydrogen-bond acceptors (Lipinski definition) is 5. The fourth-order valence-electron chi connectivity index (χ4n) is 2.72. The number of benzene rings is 2. The molecule has 0 bridgehead atoms. The van der Waals surface area contributed by atoms with Crippen LogP contribution in [0.3, 0.4) is 0 Å². The molecule has 25 heavy (non-hydrogen) atoms. The van der Waals surface area contributed by atoms with Crippen molar-refractivity contribution in [3.63, 3.8) is 0 Å². The van der Waals surface area contributed by atoms with E-state index in [4.69, 9.17) is 19.9 Å². The van der Waals surface area contributed by atoms with Crippen molar-refractivity contribution in [2.45, 2.75) is 19.6 Å². The minimum atomic E-state index is -0.171. The molecule has 0 saturated carbocycles. The average Bonchev–Trinajstić information content (AvgIpc) is 3.06. The van der Waals surface area contributed by atoms with Gasteiger partial charge in [0, 0.05) is 11.8 Å². The Morgan fingerprint density at radius 3 is 2.68 bits per heavy atom. The van der Waals surface area contributed by atoms with E-state index in [1.807, 2.05) is 37.3 Å². The molecule has 1 heterocycles. The highest BCUT2D eigenvalue weighted by Gasteiger charge is 2.28. The standard InChI is InChI=1S/C19H22N2O4/c1-13-10-24-12-21(13)19(22)15-8-17(23-2)18(9-16(15)20)25-11-14-6-4-3-5-7-14/h3-9,13H,10-12,20H2,1-2H3/t13-/m1/s1. The second-order valence-corrected chi connectivity index (χ2v) is 5.99. The smallest absolute Gasteiger partial charge is 0.258 e. The third kappa shape index (κ3) is 3.69. The van der Waals surface area contributed by atoms with Gasteiger partial charge in [0.15, 0.2) is 11.5 Å². The summed E-state index contributed by atoms with van der Waals surface area (Å²) in [6.07, 6.45) is 0. The van der Waals surface area contributed by atoms with Gasteiger partial charge in [0.05, 0.1) is 25.3 Å². The molecule has 1 saturated heterocycles. The normalized spacial score (nSPS) is 16.7. The van der Waals surface area contributed by atoms with Crippen molar-refractivity contribution in [2.75, 3.05) is 26.2 Å². The van der Waals surface area contributed by atoms with Crippen molar-refractivity contribution in [3.8, 4) is 11.5 Å². The second kappa shape index (κ2) is 7.44. The lowest BCUT2D eigenvalue weighted by Crippen LogP contribution is -2.35. The lowest BCUT2D eigenvalue weighted by atomic mass is 10.1. The van der Waals surface area contributed by atoms with Crippen molar-refractivity contribution in [1.29, 1.82) is 0 Å². The van der Waals surface area contributed by atoms with E-state index in [2.05, 4.69) is 0 Å². The van der Waals surface area contributed by atoms with Crippen LogP contribution in [0.25, 0.3) is 0 Å². The number of methoxy groups -OCH3 is 1. The maximum atomic E-state index is 12.7. The average molecular weight is 342 g/mol. The molecule has 0 aromatic heterocycles. The van der Waals surface area contributed by atoms with E-state index >= 15 is 0 Å². The lowest BCUT2D eigenvalue weighted by molar-refractivity contribution is 0.0667. The van der Waals surface area contributed by atoms with Crippen molar-refractivity contribution in [1.82, 2.24) is 4.90 Å². The van der Waals surface area contributed by atoms with E-state index in [-0.39, 0.29) is 18.7 Å². The molecule has 1 atom stereocenters. The number of rotatable bonds is 5. The molecule has 2 aromatic rings. The van der Waals surface area contributed by atoms with Gasteiger partial charge in [-0.05, 0) is 18.6 Å². The van der Waals surface area contributed by atoms with Crippen LogP contribution in [0, 0.1) is 0 Å². The predicted molar refractivity (Wildman–Crippen MR) is 94.6 cm³/mol. The number of ether oxygens (including phenoxy) is 3. The number of carbonyl (C=O) groups is 1. The molecule has 0 spiro atoms. The van der Waals surface area contributed by atoms with Crippen molar-refractivity contribution in [3.05, 3.63) is 53.6 Å². The van der Waals surface area contributed by atoms with Gasteiger partial charge < -0.3 is 24.8 Å². The number of carbonyl (C=O) groups excluding carboxylic acids is 1. The molecule has 2 N–H and O–H groups in total. The molecule has 0 radical (unpaired) electrons. The van der Waals surface area contributed by atoms with E-state index < -0.39 is 0 Å². The molecule has 132 valence electrons. The van der Waals surface area contributed by atoms with Gasteiger partial charge in [-0.15, -0.1) is 0 Å². The molecule has 1 aliphatic rings. The van der Waals surface area contributed by atoms with Crippen LogP contribution in [0.2, 0.25) is 0 Å². The first-order chi connectivity index (χ1) is 12.1. The van der Waals surface area contributed by atoms with Gasteiger partial charge in [-0.1, -0.05) is 30.3 Å². The highest BCUT2D eigenvalue weighted by Crippen LogP contribution is 2.34. The maximum Gasteiger partial charge on any atom is 0.258 e. The molecule has 6 heteroatoms. The Bertz CT molecular complexity index is 749. The van der Waals surface area contributed by atoms with E-state index in [0.717, 1.165) is 5.56 Å². The summed E-state index contributed by atoms with van der Waals surface area (Å²) >= 11 is 0. The summed E-state index contributed by atoms with van der Waals surface area (Å²) in [5.74, 6) is 0.808. The van der Waals surface area contributed by atoms with Gasteiger partial charge in [0.1, 0.15) is 13.3 Å². The summed E-state index contributed by atoms with van der Waals surface area (Å²) in [6, 6.07) is 13.1. The number of nitrogen functional groups attached to an aromatic ring is 1. The molecule has 3 rings (SSSR count). The molecule has 2 aromatic carbocycles. The molecule has 1 aliphatic heterocycles. The van der Waals surface area contributed by atoms with Crippen LogP contribution in [0.5, 0.6) is 11.5 Å². The summed E-state index contributed by atoms with van der Waals surface area (Å²) in [5, 5.41) is 0. The highest BCUT2D eigenvalue weighted by atomic mass is 16.5. The van der Waals surface area contributed by atoms with Crippen molar-refractivity contribution >= 4 is 11.6 Å². The summed E-state index contributed by atoms with van der Waals surface area (Å²) in [7, 11) is 1.54. The van der Waals surface area contributed by atoms with Crippen molar-refractivity contribution < 1.29 is 19.0 Å². The first-order valence-corrected chi connectivity index (χ1v) is 8.13. The Hall–Kier alpha value is -2.73. The SMILES string of the molecule is COc1cc(C(=O)N2COC[C@H]2C)c(N)cc1OCc1ccccc1. The lowest BCUT2D eigenvalue weighted by Gasteiger charge is -2.21. The van der Waals surface area contributed by atoms with Gasteiger partial charge in [0.2, 0.25) is 0 Å². The third-order valence-corrected chi connectivity index (χ3v) is 4.19. The van der Waals surface area contributed by atoms with E-state index in [1.165, 1.54) is 7.11 Å². The number of amides is 1. The molecule has 1 fully saturated rings. The Morgan fingerprint density at radius 1 is 1.28 bits per heavy atom. The number of anilines is 1. The van der Waals surface area contributed by atoms with E-state index in [0.29, 0.717) is 36.0 Å². The fraction of sp³-hybridized carbons (Fsp3) is 0.316. The van der Waals surface area contributed by atoms with Crippen LogP contribution >= 0.6 is 0 Å². The maximum absolute atomic E-state index is 12.7. The van der Waals surface area contributed by atoms with Gasteiger partial charge in [-0.2, -0.15) is 0 Å². The van der Waals surface area contributed by atoms with Gasteiger partial charge in [0.25, 0.3) is 5.91 Å². The Kier molecular flexibility index (Phi) is 5.09. The largest absolute Gasteiger partial charge is 0.493 e. The molecular formula is C19H22N2O4. The van der Waals surface area contributed by atoms with Gasteiger partial charge in [-0.25, -0.2) is 0 Å². The Balaban J connectivity index is 1.82. The zero-order valence-corrected chi connectivity index (χ0v) is 14.4. The summed E-state index contributed by atoms with van der Waals surface area (Å²) in [5.41, 5.74) is 7.88. The monoisotopic (exact) mass is 342 g/mol. The first-order valence-electron chi connectivity index (χ1n) is 8.13. The number of hydrogen-bond donors (Lipinski definition) is 1. The van der Waals surface area contributed by atoms with Crippen LogP contribution in [0.4, 0.5) is 5.69 Å². The summed E-state index contributed by atoms with van der Waals surface area (Å²) in [6.45, 7) is 3.13. The third-order valence-electron chi connectivity index (χ3n) is 4.19. The summed E-state index contributed by atoms with van der Waals surface area (Å²) in [4.78, 5) is 14.4. The van der Waals surface area contributed by atoms with Gasteiger partial charge >= 0.3 is 0 Å². The molecule has 0 aliphatic carbocycles. The topological polar surface area (TPSA) is 74.0 Å². The van der Waals surface area contributed by atoms with Crippen LogP contribution < -0.4 is 15.2 Å². The highest BCUT2D eigenvalue weighted by molar-refractivity contribution is 6.00. The first kappa shape index (κ1) is 17.1. The Morgan fingerprint density at radius 2 is 2.04 bits per heavy atom. The minimum absolute atomic E-state index is 0.0203. The van der Waals surface area contributed by atoms with Crippen LogP contribution in [-0.2, 0) is 11.3 Å². The van der Waals surface area contributed by atoms with E-state index in [1.54, 1.807) is 17.0 Å². The zero-order chi connectivity index (χ0) is 17.8. The predicted octanol–water partition coefficient (Wildman–Crippen LogP) is 2.67. The quantitative estimate of drug-likeness (QED) is 0.846. The van der Waals surface area contributed by atoms with Crippen LogP contribution in [-0.4, -0.2) is 37.3 Å². The molecule has 1 amide bonds. The van der Waals surface area contributed by atoms with Gasteiger partial charge in [-0.3, -0.25) is 4.79 Å². The summed E-state index contributed by atoms with van der Waals surface area (Å²) < 4.78 is 16.5. The Labute approximate surface area is 147 Å². The molecule has 0 unspecified atom stereocenters. The molecule has 6 nitrogen and oxygen atoms in total. The van der Waals surface area contributed by atoms with Crippen LogP contribution in [0.15, 0.2) is 42.5 Å². The number of nitrogens with two attached hydrogens (primary N) is 1. The second-order valence-electron chi connectivity index (χ2n) is 5.99. The fourth-order valence-corrected chi connectivity index (χ4v) is 2.72.